The molecule has 3 heteroatoms. The molecule has 0 amide bonds. The zero-order valence-corrected chi connectivity index (χ0v) is 12.0. The molecule has 2 N–H and O–H groups in total. The second-order valence-corrected chi connectivity index (χ2v) is 5.32. The maximum atomic E-state index is 13.7. The van der Waals surface area contributed by atoms with E-state index in [1.165, 1.54) is 23.8 Å². The Balaban J connectivity index is 2.35. The van der Waals surface area contributed by atoms with E-state index in [0.29, 0.717) is 6.42 Å². The van der Waals surface area contributed by atoms with Gasteiger partial charge in [-0.2, -0.15) is 0 Å². The van der Waals surface area contributed by atoms with E-state index in [-0.39, 0.29) is 5.56 Å². The summed E-state index contributed by atoms with van der Waals surface area (Å²) in [6, 6.07) is 7.28. The summed E-state index contributed by atoms with van der Waals surface area (Å²) in [6.45, 7) is 6.03. The predicted molar refractivity (Wildman–Crippen MR) is 77.6 cm³/mol. The molecule has 2 aromatic rings. The number of benzene rings is 2. The van der Waals surface area contributed by atoms with E-state index in [2.05, 4.69) is 12.1 Å². The maximum Gasteiger partial charge on any atom is 0.130 e. The van der Waals surface area contributed by atoms with Crippen molar-refractivity contribution in [2.75, 3.05) is 0 Å². The van der Waals surface area contributed by atoms with Gasteiger partial charge in [-0.05, 0) is 56.0 Å². The highest BCUT2D eigenvalue weighted by Gasteiger charge is 2.18. The smallest absolute Gasteiger partial charge is 0.130 e. The van der Waals surface area contributed by atoms with Crippen molar-refractivity contribution >= 4 is 0 Å². The molecule has 0 fully saturated rings. The molecule has 0 saturated carbocycles. The van der Waals surface area contributed by atoms with Gasteiger partial charge in [0, 0.05) is 11.6 Å². The van der Waals surface area contributed by atoms with Crippen molar-refractivity contribution < 1.29 is 8.78 Å². The van der Waals surface area contributed by atoms with Crippen LogP contribution in [-0.4, -0.2) is 0 Å². The van der Waals surface area contributed by atoms with E-state index in [4.69, 9.17) is 5.73 Å². The minimum Gasteiger partial charge on any atom is -0.323 e. The summed E-state index contributed by atoms with van der Waals surface area (Å²) >= 11 is 0. The van der Waals surface area contributed by atoms with E-state index in [9.17, 15) is 8.78 Å². The van der Waals surface area contributed by atoms with Crippen molar-refractivity contribution in [2.24, 2.45) is 5.73 Å². The minimum absolute atomic E-state index is 0.0353. The highest BCUT2D eigenvalue weighted by Crippen LogP contribution is 2.25. The molecule has 2 rings (SSSR count). The van der Waals surface area contributed by atoms with Gasteiger partial charge in [-0.1, -0.05) is 23.8 Å². The van der Waals surface area contributed by atoms with Crippen molar-refractivity contribution in [3.8, 4) is 0 Å². The second kappa shape index (κ2) is 5.71. The van der Waals surface area contributed by atoms with Crippen LogP contribution in [0.1, 0.15) is 33.9 Å². The fraction of sp³-hybridized carbons (Fsp3) is 0.294. The van der Waals surface area contributed by atoms with Gasteiger partial charge < -0.3 is 5.73 Å². The molecule has 0 spiro atoms. The number of hydrogen-bond donors (Lipinski definition) is 1. The topological polar surface area (TPSA) is 26.0 Å². The van der Waals surface area contributed by atoms with Crippen LogP contribution in [0.15, 0.2) is 30.3 Å². The SMILES string of the molecule is Cc1cc(C)c(CC(N)c2c(F)cccc2F)c(C)c1. The zero-order chi connectivity index (χ0) is 14.9. The second-order valence-electron chi connectivity index (χ2n) is 5.32. The molecular weight excluding hydrogens is 256 g/mol. The van der Waals surface area contributed by atoms with Gasteiger partial charge in [-0.15, -0.1) is 0 Å². The predicted octanol–water partition coefficient (Wildman–Crippen LogP) is 4.13. The molecular formula is C17H19F2N. The summed E-state index contributed by atoms with van der Waals surface area (Å²) in [4.78, 5) is 0. The maximum absolute atomic E-state index is 13.7. The van der Waals surface area contributed by atoms with Crippen LogP contribution in [0.3, 0.4) is 0 Å². The fourth-order valence-electron chi connectivity index (χ4n) is 2.72. The Morgan fingerprint density at radius 2 is 1.50 bits per heavy atom. The third kappa shape index (κ3) is 2.88. The molecule has 0 heterocycles. The Hall–Kier alpha value is -1.74. The summed E-state index contributed by atoms with van der Waals surface area (Å²) in [5.74, 6) is -1.17. The first-order chi connectivity index (χ1) is 9.40. The first kappa shape index (κ1) is 14.7. The van der Waals surface area contributed by atoms with Crippen LogP contribution in [0.25, 0.3) is 0 Å². The van der Waals surface area contributed by atoms with Crippen molar-refractivity contribution in [3.05, 3.63) is 69.8 Å². The average Bonchev–Trinajstić information content (AvgIpc) is 2.33. The van der Waals surface area contributed by atoms with E-state index < -0.39 is 17.7 Å². The van der Waals surface area contributed by atoms with E-state index >= 15 is 0 Å². The van der Waals surface area contributed by atoms with E-state index in [0.717, 1.165) is 16.7 Å². The largest absolute Gasteiger partial charge is 0.323 e. The van der Waals surface area contributed by atoms with E-state index in [1.807, 2.05) is 20.8 Å². The van der Waals surface area contributed by atoms with Crippen molar-refractivity contribution in [1.29, 1.82) is 0 Å². The van der Waals surface area contributed by atoms with Gasteiger partial charge in [0.15, 0.2) is 0 Å². The first-order valence-electron chi connectivity index (χ1n) is 6.66. The monoisotopic (exact) mass is 275 g/mol. The molecule has 0 aliphatic carbocycles. The number of hydrogen-bond acceptors (Lipinski definition) is 1. The molecule has 1 nitrogen and oxygen atoms in total. The quantitative estimate of drug-likeness (QED) is 0.895. The molecule has 0 saturated heterocycles. The van der Waals surface area contributed by atoms with Gasteiger partial charge in [0.1, 0.15) is 11.6 Å². The zero-order valence-electron chi connectivity index (χ0n) is 12.0. The van der Waals surface area contributed by atoms with Crippen molar-refractivity contribution in [2.45, 2.75) is 33.2 Å². The van der Waals surface area contributed by atoms with Gasteiger partial charge in [-0.25, -0.2) is 8.78 Å². The van der Waals surface area contributed by atoms with Crippen molar-refractivity contribution in [3.63, 3.8) is 0 Å². The number of aryl methyl sites for hydroxylation is 3. The highest BCUT2D eigenvalue weighted by atomic mass is 19.1. The lowest BCUT2D eigenvalue weighted by Crippen LogP contribution is -2.18. The Morgan fingerprint density at radius 3 is 2.00 bits per heavy atom. The van der Waals surface area contributed by atoms with Gasteiger partial charge in [0.2, 0.25) is 0 Å². The molecule has 0 radical (unpaired) electrons. The van der Waals surface area contributed by atoms with Crippen LogP contribution >= 0.6 is 0 Å². The molecule has 1 atom stereocenters. The summed E-state index contributed by atoms with van der Waals surface area (Å²) < 4.78 is 27.5. The Morgan fingerprint density at radius 1 is 1.00 bits per heavy atom. The molecule has 2 aromatic carbocycles. The standard InChI is InChI=1S/C17H19F2N/c1-10-7-11(2)13(12(3)8-10)9-16(20)17-14(18)5-4-6-15(17)19/h4-8,16H,9,20H2,1-3H3. The molecule has 0 aromatic heterocycles. The molecule has 20 heavy (non-hydrogen) atoms. The van der Waals surface area contributed by atoms with E-state index in [1.54, 1.807) is 0 Å². The van der Waals surface area contributed by atoms with Gasteiger partial charge in [-0.3, -0.25) is 0 Å². The molecule has 0 bridgehead atoms. The molecule has 106 valence electrons. The van der Waals surface area contributed by atoms with Gasteiger partial charge in [0.25, 0.3) is 0 Å². The van der Waals surface area contributed by atoms with Crippen molar-refractivity contribution in [1.82, 2.24) is 0 Å². The first-order valence-corrected chi connectivity index (χ1v) is 6.66. The Kier molecular flexibility index (Phi) is 4.19. The summed E-state index contributed by atoms with van der Waals surface area (Å²) in [7, 11) is 0. The van der Waals surface area contributed by atoms with Crippen LogP contribution < -0.4 is 5.73 Å². The van der Waals surface area contributed by atoms with Crippen LogP contribution in [0.5, 0.6) is 0 Å². The summed E-state index contributed by atoms with van der Waals surface area (Å²) in [5, 5.41) is 0. The molecule has 0 aliphatic heterocycles. The van der Waals surface area contributed by atoms with Gasteiger partial charge >= 0.3 is 0 Å². The summed E-state index contributed by atoms with van der Waals surface area (Å²) in [5.41, 5.74) is 10.4. The molecule has 0 aliphatic rings. The lowest BCUT2D eigenvalue weighted by Gasteiger charge is -2.18. The molecule has 1 unspecified atom stereocenters. The van der Waals surface area contributed by atoms with Crippen LogP contribution in [0.2, 0.25) is 0 Å². The average molecular weight is 275 g/mol. The summed E-state index contributed by atoms with van der Waals surface area (Å²) in [6.07, 6.45) is 0.426. The van der Waals surface area contributed by atoms with Crippen LogP contribution in [-0.2, 0) is 6.42 Å². The number of rotatable bonds is 3. The van der Waals surface area contributed by atoms with Crippen LogP contribution in [0, 0.1) is 32.4 Å². The number of halogens is 2. The number of nitrogens with two attached hydrogens (primary N) is 1. The third-order valence-corrected chi connectivity index (χ3v) is 3.63. The highest BCUT2D eigenvalue weighted by molar-refractivity contribution is 5.39. The van der Waals surface area contributed by atoms with Crippen LogP contribution in [0.4, 0.5) is 8.78 Å². The Labute approximate surface area is 118 Å². The normalized spacial score (nSPS) is 12.5. The lowest BCUT2D eigenvalue weighted by atomic mass is 9.92. The Bertz CT molecular complexity index is 592. The minimum atomic E-state index is -0.684. The fourth-order valence-corrected chi connectivity index (χ4v) is 2.72. The lowest BCUT2D eigenvalue weighted by molar-refractivity contribution is 0.524. The third-order valence-electron chi connectivity index (χ3n) is 3.63. The van der Waals surface area contributed by atoms with Gasteiger partial charge in [0.05, 0.1) is 0 Å².